The summed E-state index contributed by atoms with van der Waals surface area (Å²) in [4.78, 5) is 26.6. The number of halogens is 1. The second-order valence-corrected chi connectivity index (χ2v) is 11.1. The van der Waals surface area contributed by atoms with Gasteiger partial charge < -0.3 is 15.0 Å². The van der Waals surface area contributed by atoms with Gasteiger partial charge in [-0.15, -0.1) is 0 Å². The lowest BCUT2D eigenvalue weighted by atomic mass is 9.86. The molecule has 1 amide bonds. The fraction of sp³-hybridized carbons (Fsp3) is 0.478. The molecule has 3 heterocycles. The molecule has 2 fully saturated rings. The van der Waals surface area contributed by atoms with Crippen LogP contribution in [0.25, 0.3) is 11.1 Å². The van der Waals surface area contributed by atoms with Gasteiger partial charge in [-0.2, -0.15) is 4.31 Å². The Balaban J connectivity index is 1.61. The van der Waals surface area contributed by atoms with Gasteiger partial charge >= 0.3 is 0 Å². The molecule has 1 saturated carbocycles. The maximum atomic E-state index is 13.4. The van der Waals surface area contributed by atoms with E-state index in [9.17, 15) is 27.5 Å². The van der Waals surface area contributed by atoms with E-state index in [0.717, 1.165) is 19.1 Å². The molecular formula is C23H26FN3O5S. The smallest absolute Gasteiger partial charge is 0.258 e. The number of sulfonamides is 1. The summed E-state index contributed by atoms with van der Waals surface area (Å²) in [6.45, 7) is 0.187. The molecule has 0 radical (unpaired) electrons. The number of rotatable bonds is 6. The highest BCUT2D eigenvalue weighted by Crippen LogP contribution is 2.49. The molecule has 1 aromatic heterocycles. The van der Waals surface area contributed by atoms with Gasteiger partial charge in [-0.25, -0.2) is 12.8 Å². The number of aliphatic hydroxyl groups is 1. The van der Waals surface area contributed by atoms with Crippen molar-refractivity contribution in [1.29, 1.82) is 0 Å². The standard InChI is InChI=1S/C23H26FN3O5S/c1-33(31,32)27-19-11-26-18(9-8-16(23(26)30)14-4-6-15(24)7-5-14)21(27)20(17(19)12-28)22(29)25-10-13-2-3-13/h4-9,13,17,19-21,28H,2-3,10-12H2,1H3,(H,25,29)/t17-,19-,20+,21+/m0/s1. The Labute approximate surface area is 191 Å². The molecule has 33 heavy (non-hydrogen) atoms. The van der Waals surface area contributed by atoms with Crippen LogP contribution >= 0.6 is 0 Å². The van der Waals surface area contributed by atoms with Crippen LogP contribution in [0.1, 0.15) is 24.6 Å². The summed E-state index contributed by atoms with van der Waals surface area (Å²) < 4.78 is 41.7. The quantitative estimate of drug-likeness (QED) is 0.651. The zero-order valence-corrected chi connectivity index (χ0v) is 19.0. The average molecular weight is 476 g/mol. The molecule has 5 rings (SSSR count). The first kappa shape index (κ1) is 22.2. The molecule has 4 atom stereocenters. The van der Waals surface area contributed by atoms with Gasteiger partial charge in [0.15, 0.2) is 0 Å². The van der Waals surface area contributed by atoms with Gasteiger partial charge in [0.25, 0.3) is 5.56 Å². The number of carbonyl (C=O) groups excluding carboxylic acids is 1. The maximum absolute atomic E-state index is 13.4. The van der Waals surface area contributed by atoms with E-state index in [4.69, 9.17) is 0 Å². The van der Waals surface area contributed by atoms with Crippen LogP contribution in [0.2, 0.25) is 0 Å². The van der Waals surface area contributed by atoms with Gasteiger partial charge in [0.2, 0.25) is 15.9 Å². The fourth-order valence-corrected chi connectivity index (χ4v) is 6.71. The molecule has 2 aromatic rings. The Morgan fingerprint density at radius 2 is 1.88 bits per heavy atom. The summed E-state index contributed by atoms with van der Waals surface area (Å²) >= 11 is 0. The van der Waals surface area contributed by atoms with Crippen LogP contribution in [0.15, 0.2) is 41.2 Å². The van der Waals surface area contributed by atoms with Crippen molar-refractivity contribution in [3.8, 4) is 11.1 Å². The van der Waals surface area contributed by atoms with Crippen molar-refractivity contribution in [2.45, 2.75) is 31.5 Å². The van der Waals surface area contributed by atoms with Crippen LogP contribution in [0.3, 0.4) is 0 Å². The average Bonchev–Trinajstić information content (AvgIpc) is 3.56. The van der Waals surface area contributed by atoms with Crippen molar-refractivity contribution in [1.82, 2.24) is 14.2 Å². The van der Waals surface area contributed by atoms with Crippen molar-refractivity contribution in [3.63, 3.8) is 0 Å². The van der Waals surface area contributed by atoms with Crippen LogP contribution in [0, 0.1) is 23.6 Å². The van der Waals surface area contributed by atoms with Crippen molar-refractivity contribution in [2.75, 3.05) is 19.4 Å². The molecule has 10 heteroatoms. The number of benzene rings is 1. The van der Waals surface area contributed by atoms with Crippen LogP contribution < -0.4 is 10.9 Å². The molecule has 0 unspecified atom stereocenters. The van der Waals surface area contributed by atoms with E-state index in [-0.39, 0.29) is 24.6 Å². The molecule has 8 nitrogen and oxygen atoms in total. The molecule has 176 valence electrons. The number of hydrogen-bond acceptors (Lipinski definition) is 5. The number of fused-ring (bicyclic) bond motifs is 4. The minimum Gasteiger partial charge on any atom is -0.396 e. The number of nitrogens with one attached hydrogen (secondary N) is 1. The first-order chi connectivity index (χ1) is 15.7. The van der Waals surface area contributed by atoms with Crippen molar-refractivity contribution in [2.24, 2.45) is 17.8 Å². The van der Waals surface area contributed by atoms with E-state index in [0.29, 0.717) is 29.3 Å². The van der Waals surface area contributed by atoms with Crippen LogP contribution in [0.5, 0.6) is 0 Å². The van der Waals surface area contributed by atoms with E-state index in [2.05, 4.69) is 5.32 Å². The van der Waals surface area contributed by atoms with Crippen LogP contribution in [0.4, 0.5) is 4.39 Å². The third kappa shape index (κ3) is 3.79. The van der Waals surface area contributed by atoms with Gasteiger partial charge in [-0.3, -0.25) is 9.59 Å². The van der Waals surface area contributed by atoms with E-state index in [1.165, 1.54) is 33.1 Å². The maximum Gasteiger partial charge on any atom is 0.258 e. The summed E-state index contributed by atoms with van der Waals surface area (Å²) in [5, 5.41) is 13.1. The van der Waals surface area contributed by atoms with Crippen molar-refractivity contribution < 1.29 is 22.7 Å². The lowest BCUT2D eigenvalue weighted by molar-refractivity contribution is -0.127. The summed E-state index contributed by atoms with van der Waals surface area (Å²) in [5.74, 6) is -1.72. The van der Waals surface area contributed by atoms with Gasteiger partial charge in [-0.1, -0.05) is 12.1 Å². The zero-order chi connectivity index (χ0) is 23.5. The molecule has 1 aromatic carbocycles. The predicted molar refractivity (Wildman–Crippen MR) is 119 cm³/mol. The number of pyridine rings is 1. The lowest BCUT2D eigenvalue weighted by Crippen LogP contribution is -2.48. The minimum absolute atomic E-state index is 0.0321. The zero-order valence-electron chi connectivity index (χ0n) is 18.1. The minimum atomic E-state index is -3.73. The Morgan fingerprint density at radius 3 is 2.48 bits per heavy atom. The lowest BCUT2D eigenvalue weighted by Gasteiger charge is -2.36. The molecule has 2 bridgehead atoms. The molecule has 2 N–H and O–H groups in total. The Kier molecular flexibility index (Phi) is 5.42. The summed E-state index contributed by atoms with van der Waals surface area (Å²) in [6.07, 6.45) is 3.20. The van der Waals surface area contributed by atoms with Gasteiger partial charge in [0.05, 0.1) is 18.2 Å². The molecule has 3 aliphatic rings. The number of aromatic nitrogens is 1. The summed E-state index contributed by atoms with van der Waals surface area (Å²) in [7, 11) is -3.73. The van der Waals surface area contributed by atoms with Crippen molar-refractivity contribution in [3.05, 3.63) is 58.3 Å². The van der Waals surface area contributed by atoms with E-state index < -0.39 is 39.8 Å². The summed E-state index contributed by atoms with van der Waals surface area (Å²) in [6, 6.07) is 7.23. The monoisotopic (exact) mass is 475 g/mol. The highest BCUT2D eigenvalue weighted by atomic mass is 32.2. The van der Waals surface area contributed by atoms with Gasteiger partial charge in [0, 0.05) is 42.9 Å². The first-order valence-corrected chi connectivity index (χ1v) is 12.9. The molecular weight excluding hydrogens is 449 g/mol. The third-order valence-corrected chi connectivity index (χ3v) is 8.35. The number of nitrogens with zero attached hydrogens (tertiary/aromatic N) is 2. The fourth-order valence-electron chi connectivity index (χ4n) is 5.34. The van der Waals surface area contributed by atoms with E-state index in [1.807, 2.05) is 0 Å². The SMILES string of the molecule is CS(=O)(=O)N1[C@@H]2c3ccc(-c4ccc(F)cc4)c(=O)n3C[C@H]1[C@H](CO)[C@H]2C(=O)NCC1CC1. The normalized spacial score (nSPS) is 26.8. The number of aliphatic hydroxyl groups excluding tert-OH is 1. The second kappa shape index (κ2) is 8.03. The van der Waals surface area contributed by atoms with Crippen molar-refractivity contribution >= 4 is 15.9 Å². The van der Waals surface area contributed by atoms with E-state index >= 15 is 0 Å². The number of carbonyl (C=O) groups is 1. The topological polar surface area (TPSA) is 109 Å². The first-order valence-electron chi connectivity index (χ1n) is 11.1. The van der Waals surface area contributed by atoms with Crippen LogP contribution in [-0.2, 0) is 21.4 Å². The number of hydrogen-bond donors (Lipinski definition) is 2. The molecule has 0 spiro atoms. The highest BCUT2D eigenvalue weighted by Gasteiger charge is 2.58. The molecule has 2 aliphatic heterocycles. The van der Waals surface area contributed by atoms with E-state index in [1.54, 1.807) is 12.1 Å². The predicted octanol–water partition coefficient (Wildman–Crippen LogP) is 1.10. The largest absolute Gasteiger partial charge is 0.396 e. The Hall–Kier alpha value is -2.56. The third-order valence-electron chi connectivity index (χ3n) is 7.09. The highest BCUT2D eigenvalue weighted by molar-refractivity contribution is 7.88. The second-order valence-electron chi connectivity index (χ2n) is 9.26. The summed E-state index contributed by atoms with van der Waals surface area (Å²) in [5.41, 5.74) is 1.00. The Morgan fingerprint density at radius 1 is 1.18 bits per heavy atom. The number of amides is 1. The van der Waals surface area contributed by atoms with Gasteiger partial charge in [0.1, 0.15) is 5.82 Å². The molecule has 1 saturated heterocycles. The molecule has 1 aliphatic carbocycles. The Bertz CT molecular complexity index is 1260. The van der Waals surface area contributed by atoms with Gasteiger partial charge in [-0.05, 0) is 48.6 Å². The van der Waals surface area contributed by atoms with Crippen LogP contribution in [-0.4, -0.2) is 53.8 Å².